The van der Waals surface area contributed by atoms with Gasteiger partial charge < -0.3 is 10.1 Å². The van der Waals surface area contributed by atoms with E-state index in [1.807, 2.05) is 0 Å². The third kappa shape index (κ3) is 3.79. The first-order chi connectivity index (χ1) is 9.56. The lowest BCUT2D eigenvalue weighted by atomic mass is 10.3. The molecule has 0 radical (unpaired) electrons. The number of rotatable bonds is 4. The molecule has 0 fully saturated rings. The van der Waals surface area contributed by atoms with Crippen LogP contribution in [0.3, 0.4) is 0 Å². The van der Waals surface area contributed by atoms with Crippen molar-refractivity contribution in [2.24, 2.45) is 0 Å². The van der Waals surface area contributed by atoms with E-state index >= 15 is 0 Å². The molecule has 0 aliphatic carbocycles. The number of hydrogen-bond donors (Lipinski definition) is 1. The normalized spacial score (nSPS) is 10.1. The Morgan fingerprint density at radius 3 is 2.80 bits per heavy atom. The van der Waals surface area contributed by atoms with Gasteiger partial charge in [0.25, 0.3) is 5.91 Å². The van der Waals surface area contributed by atoms with Crippen LogP contribution in [-0.2, 0) is 9.53 Å². The van der Waals surface area contributed by atoms with Crippen molar-refractivity contribution >= 4 is 40.5 Å². The molecule has 1 heterocycles. The van der Waals surface area contributed by atoms with Crippen LogP contribution in [0, 0.1) is 5.82 Å². The van der Waals surface area contributed by atoms with Gasteiger partial charge in [0, 0.05) is 5.69 Å². The van der Waals surface area contributed by atoms with Crippen LogP contribution >= 0.6 is 22.9 Å². The van der Waals surface area contributed by atoms with E-state index in [0.717, 1.165) is 6.07 Å². The summed E-state index contributed by atoms with van der Waals surface area (Å²) in [6.07, 6.45) is 0. The molecule has 2 aromatic rings. The van der Waals surface area contributed by atoms with E-state index in [0.29, 0.717) is 10.6 Å². The van der Waals surface area contributed by atoms with Crippen molar-refractivity contribution in [1.82, 2.24) is 0 Å². The average molecular weight is 314 g/mol. The van der Waals surface area contributed by atoms with Gasteiger partial charge in [-0.25, -0.2) is 9.18 Å². The lowest BCUT2D eigenvalue weighted by Gasteiger charge is -2.06. The highest BCUT2D eigenvalue weighted by Crippen LogP contribution is 2.19. The number of benzene rings is 1. The fraction of sp³-hybridized carbons (Fsp3) is 0.0769. The molecule has 0 aliphatic heterocycles. The first kappa shape index (κ1) is 14.5. The van der Waals surface area contributed by atoms with Crippen molar-refractivity contribution < 1.29 is 18.7 Å². The fourth-order valence-corrected chi connectivity index (χ4v) is 2.16. The Kier molecular flexibility index (Phi) is 4.70. The van der Waals surface area contributed by atoms with Crippen LogP contribution < -0.4 is 5.32 Å². The number of hydrogen-bond acceptors (Lipinski definition) is 4. The van der Waals surface area contributed by atoms with Crippen molar-refractivity contribution in [1.29, 1.82) is 0 Å². The molecule has 1 aromatic carbocycles. The van der Waals surface area contributed by atoms with Crippen LogP contribution in [-0.4, -0.2) is 18.5 Å². The number of thiophene rings is 1. The number of esters is 1. The number of ether oxygens (including phenoxy) is 1. The summed E-state index contributed by atoms with van der Waals surface area (Å²) in [6.45, 7) is -0.425. The average Bonchev–Trinajstić information content (AvgIpc) is 2.94. The molecule has 20 heavy (non-hydrogen) atoms. The first-order valence-corrected chi connectivity index (χ1v) is 6.77. The molecule has 104 valence electrons. The molecule has 0 saturated heterocycles. The zero-order chi connectivity index (χ0) is 14.5. The highest BCUT2D eigenvalue weighted by Gasteiger charge is 2.11. The van der Waals surface area contributed by atoms with Gasteiger partial charge >= 0.3 is 5.97 Å². The van der Waals surface area contributed by atoms with E-state index in [4.69, 9.17) is 16.3 Å². The zero-order valence-electron chi connectivity index (χ0n) is 10.1. The number of carbonyl (C=O) groups is 2. The molecule has 0 atom stereocenters. The Balaban J connectivity index is 1.86. The molecule has 0 saturated carbocycles. The lowest BCUT2D eigenvalue weighted by molar-refractivity contribution is -0.119. The number of nitrogens with one attached hydrogen (secondary N) is 1. The van der Waals surface area contributed by atoms with Crippen molar-refractivity contribution in [3.05, 3.63) is 51.4 Å². The highest BCUT2D eigenvalue weighted by molar-refractivity contribution is 7.11. The molecule has 1 amide bonds. The van der Waals surface area contributed by atoms with E-state index in [2.05, 4.69) is 5.32 Å². The minimum absolute atomic E-state index is 0.0987. The summed E-state index contributed by atoms with van der Waals surface area (Å²) in [5.74, 6) is -1.67. The molecule has 1 aromatic heterocycles. The molecule has 0 bridgehead atoms. The van der Waals surface area contributed by atoms with Crippen LogP contribution in [0.25, 0.3) is 0 Å². The van der Waals surface area contributed by atoms with E-state index in [-0.39, 0.29) is 5.02 Å². The van der Waals surface area contributed by atoms with Gasteiger partial charge in [0.1, 0.15) is 10.7 Å². The van der Waals surface area contributed by atoms with Crippen LogP contribution in [0.4, 0.5) is 10.1 Å². The third-order valence-corrected chi connectivity index (χ3v) is 3.40. The zero-order valence-corrected chi connectivity index (χ0v) is 11.6. The maximum Gasteiger partial charge on any atom is 0.348 e. The number of amides is 1. The van der Waals surface area contributed by atoms with Gasteiger partial charge in [-0.15, -0.1) is 11.3 Å². The lowest BCUT2D eigenvalue weighted by Crippen LogP contribution is -2.20. The highest BCUT2D eigenvalue weighted by atomic mass is 35.5. The maximum absolute atomic E-state index is 12.9. The second-order valence-corrected chi connectivity index (χ2v) is 5.09. The summed E-state index contributed by atoms with van der Waals surface area (Å²) in [7, 11) is 0. The summed E-state index contributed by atoms with van der Waals surface area (Å²) < 4.78 is 17.8. The maximum atomic E-state index is 12.9. The van der Waals surface area contributed by atoms with Crippen LogP contribution in [0.1, 0.15) is 9.67 Å². The molecular formula is C13H9ClFNO3S. The largest absolute Gasteiger partial charge is 0.451 e. The number of anilines is 1. The van der Waals surface area contributed by atoms with Gasteiger partial charge in [0.15, 0.2) is 6.61 Å². The topological polar surface area (TPSA) is 55.4 Å². The van der Waals surface area contributed by atoms with Gasteiger partial charge in [-0.05, 0) is 29.6 Å². The quantitative estimate of drug-likeness (QED) is 0.881. The predicted molar refractivity (Wildman–Crippen MR) is 74.6 cm³/mol. The van der Waals surface area contributed by atoms with E-state index in [1.165, 1.54) is 23.5 Å². The first-order valence-electron chi connectivity index (χ1n) is 5.52. The van der Waals surface area contributed by atoms with Crippen LogP contribution in [0.2, 0.25) is 5.02 Å². The number of carbonyl (C=O) groups excluding carboxylic acids is 2. The Morgan fingerprint density at radius 1 is 1.35 bits per heavy atom. The fourth-order valence-electron chi connectivity index (χ4n) is 1.37. The van der Waals surface area contributed by atoms with Crippen LogP contribution in [0.15, 0.2) is 35.7 Å². The molecule has 0 unspecified atom stereocenters. The molecule has 0 spiro atoms. The Bertz CT molecular complexity index is 631. The number of halogens is 2. The second kappa shape index (κ2) is 6.49. The van der Waals surface area contributed by atoms with E-state index in [1.54, 1.807) is 17.5 Å². The van der Waals surface area contributed by atoms with Crippen molar-refractivity contribution in [2.75, 3.05) is 11.9 Å². The molecular weight excluding hydrogens is 305 g/mol. The second-order valence-electron chi connectivity index (χ2n) is 3.73. The standard InChI is InChI=1S/C13H9ClFNO3S/c14-9-6-8(3-4-10(9)15)16-12(17)7-19-13(18)11-2-1-5-20-11/h1-6H,7H2,(H,16,17). The summed E-state index contributed by atoms with van der Waals surface area (Å²) >= 11 is 6.81. The van der Waals surface area contributed by atoms with E-state index < -0.39 is 24.3 Å². The monoisotopic (exact) mass is 313 g/mol. The minimum atomic E-state index is -0.575. The molecule has 7 heteroatoms. The van der Waals surface area contributed by atoms with Gasteiger partial charge in [-0.1, -0.05) is 17.7 Å². The predicted octanol–water partition coefficient (Wildman–Crippen LogP) is 3.34. The summed E-state index contributed by atoms with van der Waals surface area (Å²) in [6, 6.07) is 7.08. The van der Waals surface area contributed by atoms with E-state index in [9.17, 15) is 14.0 Å². The minimum Gasteiger partial charge on any atom is -0.451 e. The summed E-state index contributed by atoms with van der Waals surface area (Å²) in [4.78, 5) is 23.5. The summed E-state index contributed by atoms with van der Waals surface area (Å²) in [5.41, 5.74) is 0.327. The Hall–Kier alpha value is -1.92. The third-order valence-electron chi connectivity index (χ3n) is 2.26. The molecule has 4 nitrogen and oxygen atoms in total. The summed E-state index contributed by atoms with van der Waals surface area (Å²) in [5, 5.41) is 4.08. The molecule has 2 rings (SSSR count). The van der Waals surface area contributed by atoms with Gasteiger partial charge in [-0.3, -0.25) is 4.79 Å². The Labute approximate surface area is 123 Å². The van der Waals surface area contributed by atoms with Crippen molar-refractivity contribution in [3.63, 3.8) is 0 Å². The SMILES string of the molecule is O=C(COC(=O)c1cccs1)Nc1ccc(F)c(Cl)c1. The van der Waals surface area contributed by atoms with Crippen molar-refractivity contribution in [3.8, 4) is 0 Å². The van der Waals surface area contributed by atoms with Crippen molar-refractivity contribution in [2.45, 2.75) is 0 Å². The molecule has 0 aliphatic rings. The van der Waals surface area contributed by atoms with Gasteiger partial charge in [0.05, 0.1) is 5.02 Å². The van der Waals surface area contributed by atoms with Gasteiger partial charge in [0.2, 0.25) is 0 Å². The smallest absolute Gasteiger partial charge is 0.348 e. The Morgan fingerprint density at radius 2 is 2.15 bits per heavy atom. The molecule has 1 N–H and O–H groups in total. The van der Waals surface area contributed by atoms with Crippen LogP contribution in [0.5, 0.6) is 0 Å². The van der Waals surface area contributed by atoms with Gasteiger partial charge in [-0.2, -0.15) is 0 Å².